The van der Waals surface area contributed by atoms with Crippen LogP contribution >= 0.6 is 0 Å². The summed E-state index contributed by atoms with van der Waals surface area (Å²) in [6.45, 7) is 8.55. The Hall–Kier alpha value is 0.563. The van der Waals surface area contributed by atoms with Crippen molar-refractivity contribution in [1.82, 2.24) is 0 Å². The minimum absolute atomic E-state index is 0. The fraction of sp³-hybridized carbons (Fsp3) is 1.00. The predicted molar refractivity (Wildman–Crippen MR) is 132 cm³/mol. The van der Waals surface area contributed by atoms with E-state index in [1.807, 2.05) is 0 Å². The molecule has 0 saturated carbocycles. The van der Waals surface area contributed by atoms with Crippen molar-refractivity contribution in [3.63, 3.8) is 0 Å². The monoisotopic (exact) mass is 530 g/mol. The van der Waals surface area contributed by atoms with E-state index in [1.165, 1.54) is 51.4 Å². The molecule has 8 rings (SSSR count). The molecule has 8 aliphatic rings. The molecule has 0 N–H and O–H groups in total. The van der Waals surface area contributed by atoms with Gasteiger partial charge in [0.15, 0.2) is 0 Å². The van der Waals surface area contributed by atoms with Crippen LogP contribution in [0.4, 0.5) is 0 Å². The summed E-state index contributed by atoms with van der Waals surface area (Å²) in [5.74, 6) is 3.37. The summed E-state index contributed by atoms with van der Waals surface area (Å²) < 4.78 is 0. The van der Waals surface area contributed by atoms with Crippen LogP contribution in [0.3, 0.4) is 0 Å². The molecule has 188 valence electrons. The fourth-order valence-electron chi connectivity index (χ4n) is 6.17. The van der Waals surface area contributed by atoms with Crippen LogP contribution in [0, 0.1) is 23.7 Å². The third kappa shape index (κ3) is 7.30. The topological polar surface area (TPSA) is 113 Å². The van der Waals surface area contributed by atoms with Gasteiger partial charge in [0.1, 0.15) is 0 Å². The van der Waals surface area contributed by atoms with Gasteiger partial charge in [0, 0.05) is 26.2 Å². The maximum atomic E-state index is 4.33. The molecular formula is C24H40N8Zr-8. The average molecular weight is 532 g/mol. The molecule has 0 aromatic heterocycles. The van der Waals surface area contributed by atoms with Gasteiger partial charge in [0.25, 0.3) is 0 Å². The van der Waals surface area contributed by atoms with E-state index >= 15 is 0 Å². The van der Waals surface area contributed by atoms with E-state index in [9.17, 15) is 0 Å². The van der Waals surface area contributed by atoms with E-state index in [0.717, 1.165) is 76.0 Å². The first-order chi connectivity index (χ1) is 15.9. The molecular weight excluding hydrogens is 492 g/mol. The van der Waals surface area contributed by atoms with Gasteiger partial charge in [-0.25, -0.2) is 24.7 Å². The van der Waals surface area contributed by atoms with Gasteiger partial charge in [-0.15, -0.1) is 52.4 Å². The van der Waals surface area contributed by atoms with Crippen LogP contribution in [-0.4, -0.2) is 77.0 Å². The van der Waals surface area contributed by atoms with Crippen LogP contribution in [0.25, 0.3) is 42.5 Å². The zero-order chi connectivity index (χ0) is 21.6. The van der Waals surface area contributed by atoms with Crippen molar-refractivity contribution < 1.29 is 26.2 Å². The molecule has 0 unspecified atom stereocenters. The Morgan fingerprint density at radius 2 is 0.424 bits per heavy atom. The maximum Gasteiger partial charge on any atom is 0 e. The van der Waals surface area contributed by atoms with Crippen LogP contribution in [0.1, 0.15) is 51.4 Å². The summed E-state index contributed by atoms with van der Waals surface area (Å²) in [6, 6.07) is 0. The van der Waals surface area contributed by atoms with Crippen molar-refractivity contribution >= 4 is 0 Å². The zero-order valence-corrected chi connectivity index (χ0v) is 22.5. The molecule has 0 aliphatic carbocycles. The molecule has 0 aromatic rings. The molecule has 8 heterocycles. The fourth-order valence-corrected chi connectivity index (χ4v) is 6.17. The van der Waals surface area contributed by atoms with Gasteiger partial charge in [0.2, 0.25) is 0 Å². The number of hydrogen-bond acceptors (Lipinski definition) is 0. The van der Waals surface area contributed by atoms with Gasteiger partial charge in [-0.1, -0.05) is 75.0 Å². The van der Waals surface area contributed by atoms with Gasteiger partial charge in [0.05, 0.1) is 0 Å². The van der Waals surface area contributed by atoms with E-state index in [-0.39, 0.29) is 26.2 Å². The number of fused-ring (bicyclic) bond motifs is 4. The normalized spacial score (nSPS) is 43.6. The third-order valence-electron chi connectivity index (χ3n) is 8.21. The number of hydrogen-bond donors (Lipinski definition) is 0. The molecule has 0 radical (unpaired) electrons. The first-order valence-electron chi connectivity index (χ1n) is 13.2. The molecule has 0 atom stereocenters. The van der Waals surface area contributed by atoms with Crippen molar-refractivity contribution in [2.75, 3.05) is 52.4 Å². The van der Waals surface area contributed by atoms with E-state index in [1.54, 1.807) is 0 Å². The van der Waals surface area contributed by atoms with Gasteiger partial charge < -0.3 is 42.5 Å². The van der Waals surface area contributed by atoms with Crippen molar-refractivity contribution in [1.29, 1.82) is 0 Å². The molecule has 8 fully saturated rings. The minimum atomic E-state index is 0. The Morgan fingerprint density at radius 1 is 0.273 bits per heavy atom. The van der Waals surface area contributed by atoms with Crippen LogP contribution in [0.2, 0.25) is 0 Å². The van der Waals surface area contributed by atoms with Gasteiger partial charge in [-0.2, -0.15) is 0 Å². The summed E-state index contributed by atoms with van der Waals surface area (Å²) in [5.41, 5.74) is 0. The Labute approximate surface area is 220 Å². The molecule has 0 bridgehead atoms. The van der Waals surface area contributed by atoms with E-state index in [4.69, 9.17) is 0 Å². The van der Waals surface area contributed by atoms with Crippen molar-refractivity contribution in [3.05, 3.63) is 42.5 Å². The van der Waals surface area contributed by atoms with E-state index in [2.05, 4.69) is 42.5 Å². The molecule has 8 aliphatic heterocycles. The maximum absolute atomic E-state index is 4.33. The van der Waals surface area contributed by atoms with Crippen LogP contribution in [0.5, 0.6) is 0 Å². The Morgan fingerprint density at radius 3 is 0.545 bits per heavy atom. The average Bonchev–Trinajstić information content (AvgIpc) is 3.57. The largest absolute Gasteiger partial charge is 0.678 e. The molecule has 0 spiro atoms. The Balaban J connectivity index is 0.000000104. The standard InChI is InChI=1S/4C6H10N2.Zr/c4*1-3-7-6-5(1)2-4-8-6;/h4*5-6H,1-4H2;/q4*-2;. The van der Waals surface area contributed by atoms with Crippen molar-refractivity contribution in [2.24, 2.45) is 23.7 Å². The summed E-state index contributed by atoms with van der Waals surface area (Å²) in [4.78, 5) is 0. The van der Waals surface area contributed by atoms with Crippen molar-refractivity contribution in [2.45, 2.75) is 76.0 Å². The first-order valence-corrected chi connectivity index (χ1v) is 13.2. The van der Waals surface area contributed by atoms with Crippen LogP contribution < -0.4 is 0 Å². The second kappa shape index (κ2) is 13.8. The zero-order valence-electron chi connectivity index (χ0n) is 20.0. The van der Waals surface area contributed by atoms with Gasteiger partial charge in [-0.05, 0) is 0 Å². The molecule has 8 saturated heterocycles. The van der Waals surface area contributed by atoms with E-state index < -0.39 is 0 Å². The number of rotatable bonds is 0. The summed E-state index contributed by atoms with van der Waals surface area (Å²) in [7, 11) is 0. The second-order valence-electron chi connectivity index (χ2n) is 10.3. The van der Waals surface area contributed by atoms with Crippen molar-refractivity contribution in [3.8, 4) is 0 Å². The molecule has 9 heteroatoms. The molecule has 33 heavy (non-hydrogen) atoms. The van der Waals surface area contributed by atoms with Gasteiger partial charge >= 0.3 is 0 Å². The summed E-state index contributed by atoms with van der Waals surface area (Å²) in [6.07, 6.45) is 12.1. The molecule has 8 nitrogen and oxygen atoms in total. The first kappa shape index (κ1) is 26.6. The SMILES string of the molecule is C1CC2CC[N-]C2[N-]1.C1CC2CC[N-]C2[N-]1.C1CC2CC[N-]C2[N-]1.C1CC2CC[N-]C2[N-]1.[Zr]. The quantitative estimate of drug-likeness (QED) is 0.369. The molecule has 0 aromatic carbocycles. The van der Waals surface area contributed by atoms with Crippen LogP contribution in [-0.2, 0) is 26.2 Å². The van der Waals surface area contributed by atoms with Gasteiger partial charge in [-0.3, -0.25) is 0 Å². The number of nitrogens with zero attached hydrogens (tertiary/aromatic N) is 8. The smallest absolute Gasteiger partial charge is 0 e. The Bertz CT molecular complexity index is 393. The Kier molecular flexibility index (Phi) is 11.1. The second-order valence-corrected chi connectivity index (χ2v) is 10.3. The summed E-state index contributed by atoms with van der Waals surface area (Å²) in [5, 5.41) is 34.6. The predicted octanol–water partition coefficient (Wildman–Crippen LogP) is 5.93. The van der Waals surface area contributed by atoms with E-state index in [0.29, 0.717) is 24.7 Å². The minimum Gasteiger partial charge on any atom is -0.678 e. The third-order valence-corrected chi connectivity index (χ3v) is 8.21. The van der Waals surface area contributed by atoms with Crippen LogP contribution in [0.15, 0.2) is 0 Å². The summed E-state index contributed by atoms with van der Waals surface area (Å²) >= 11 is 0. The molecule has 0 amide bonds.